The van der Waals surface area contributed by atoms with E-state index in [0.29, 0.717) is 0 Å². The molecule has 0 aliphatic carbocycles. The molecule has 0 saturated heterocycles. The Morgan fingerprint density at radius 2 is 0.0200 bits per heavy atom. The van der Waals surface area contributed by atoms with Crippen LogP contribution in [0, 0.1) is 1930 Å². The molecule has 0 atom stereocenters. The van der Waals surface area contributed by atoms with Crippen LogP contribution >= 0.6 is 0 Å². The van der Waals surface area contributed by atoms with E-state index in [9.17, 15) is 0 Å². The summed E-state index contributed by atoms with van der Waals surface area (Å²) in [6.07, 6.45) is 0. The largest absolute Gasteiger partial charge is 0 e. The van der Waals surface area contributed by atoms with Crippen LogP contribution in [0.1, 0.15) is 0 Å². The van der Waals surface area contributed by atoms with Crippen molar-refractivity contribution < 1.29 is 1930 Å². The average molecular weight is 7950 g/mol. The summed E-state index contributed by atoms with van der Waals surface area (Å²) in [7, 11) is 0. The third-order valence-electron chi connectivity index (χ3n) is 0. The summed E-state index contributed by atoms with van der Waals surface area (Å²) in [5.41, 5.74) is 0. The van der Waals surface area contributed by atoms with Gasteiger partial charge in [0.25, 0.3) is 0 Å². The molecule has 0 aromatic heterocycles. The third kappa shape index (κ3) is 336. The summed E-state index contributed by atoms with van der Waals surface area (Å²) in [5.74, 6) is 0. The van der Waals surface area contributed by atoms with Crippen LogP contribution in [0.15, 0.2) is 0 Å². The zero-order valence-corrected chi connectivity index (χ0v) is 124. The second-order valence-corrected chi connectivity index (χ2v) is 0. The van der Waals surface area contributed by atoms with Gasteiger partial charge in [0.05, 0.1) is 0 Å². The van der Waals surface area contributed by atoms with E-state index in [-0.39, 0.29) is 1930 Å². The van der Waals surface area contributed by atoms with Crippen molar-refractivity contribution in [2.24, 2.45) is 0 Å². The minimum atomic E-state index is 0. The van der Waals surface area contributed by atoms with E-state index in [2.05, 4.69) is 0 Å². The van der Waals surface area contributed by atoms with Gasteiger partial charge in [-0.25, -0.2) is 0 Å². The fourth-order valence-corrected chi connectivity index (χ4v) is 0. The first-order valence-corrected chi connectivity index (χ1v) is 0. The molecule has 0 bridgehead atoms. The first kappa shape index (κ1) is 355. The molecule has 0 amide bonds. The van der Waals surface area contributed by atoms with Crippen LogP contribution in [0.5, 0.6) is 0 Å². The van der Waals surface area contributed by atoms with E-state index in [1.165, 1.54) is 0 Å². The van der Waals surface area contributed by atoms with Crippen LogP contribution in [-0.2, 0) is 0 Å². The Bertz CT molecular complexity index is 0. The van der Waals surface area contributed by atoms with Gasteiger partial charge in [0.2, 0.25) is 0 Å². The van der Waals surface area contributed by atoms with Crippen LogP contribution in [0.25, 0.3) is 0 Å². The molecule has 0 saturated carbocycles. The number of rotatable bonds is 0. The van der Waals surface area contributed by atoms with E-state index in [4.69, 9.17) is 0 Å². The molecular formula is Tb50. The van der Waals surface area contributed by atoms with E-state index in [1.54, 1.807) is 0 Å². The minimum Gasteiger partial charge on any atom is 0 e. The van der Waals surface area contributed by atoms with Gasteiger partial charge in [-0.05, 0) is 0 Å². The van der Waals surface area contributed by atoms with E-state index in [1.807, 2.05) is 0 Å². The molecule has 0 nitrogen and oxygen atoms in total. The second-order valence-electron chi connectivity index (χ2n) is 0. The summed E-state index contributed by atoms with van der Waals surface area (Å²) >= 11 is 0. The smallest absolute Gasteiger partial charge is 0 e. The van der Waals surface area contributed by atoms with Crippen LogP contribution in [0.4, 0.5) is 0 Å². The number of hydrogen-bond acceptors (Lipinski definition) is 0. The molecule has 50 heavy (non-hydrogen) atoms. The molecule has 0 heterocycles. The Hall–Kier alpha value is 64.3. The van der Waals surface area contributed by atoms with Crippen LogP contribution in [0.2, 0.25) is 0 Å². The summed E-state index contributed by atoms with van der Waals surface area (Å²) in [5, 5.41) is 0. The van der Waals surface area contributed by atoms with Crippen molar-refractivity contribution in [3.63, 3.8) is 0 Å². The molecule has 0 aromatic rings. The van der Waals surface area contributed by atoms with Crippen molar-refractivity contribution in [1.82, 2.24) is 0 Å². The van der Waals surface area contributed by atoms with Crippen molar-refractivity contribution in [2.75, 3.05) is 0 Å². The van der Waals surface area contributed by atoms with Gasteiger partial charge in [-0.1, -0.05) is 0 Å². The summed E-state index contributed by atoms with van der Waals surface area (Å²) in [4.78, 5) is 0. The van der Waals surface area contributed by atoms with Crippen LogP contribution in [0.3, 0.4) is 0 Å². The molecule has 0 aliphatic heterocycles. The fourth-order valence-electron chi connectivity index (χ4n) is 0. The Morgan fingerprint density at radius 1 is 0.0200 bits per heavy atom. The van der Waals surface area contributed by atoms with Gasteiger partial charge in [-0.15, -0.1) is 0 Å². The SMILES string of the molecule is [Tb].[Tb].[Tb].[Tb].[Tb].[Tb].[Tb].[Tb].[Tb].[Tb].[Tb].[Tb].[Tb].[Tb].[Tb].[Tb].[Tb].[Tb].[Tb].[Tb].[Tb].[Tb].[Tb].[Tb].[Tb].[Tb].[Tb].[Tb].[Tb].[Tb].[Tb].[Tb].[Tb].[Tb].[Tb].[Tb].[Tb].[Tb].[Tb].[Tb].[Tb].[Tb].[Tb].[Tb].[Tb].[Tb].[Tb].[Tb].[Tb].[Tb]. The maximum atomic E-state index is 0. The zero-order chi connectivity index (χ0) is 0. The Labute approximate surface area is 1850 Å². The maximum Gasteiger partial charge on any atom is 0 e. The van der Waals surface area contributed by atoms with Crippen molar-refractivity contribution >= 4 is 0 Å². The predicted molar refractivity (Wildman–Crippen MR) is 0 cm³/mol. The molecular weight excluding hydrogens is 7950 g/mol. The first-order valence-electron chi connectivity index (χ1n) is 0. The van der Waals surface area contributed by atoms with E-state index in [0.717, 1.165) is 0 Å². The quantitative estimate of drug-likeness (QED) is 0.321. The van der Waals surface area contributed by atoms with Crippen molar-refractivity contribution in [1.29, 1.82) is 0 Å². The predicted octanol–water partition coefficient (Wildman–Crippen LogP) is 0. The van der Waals surface area contributed by atoms with Crippen molar-refractivity contribution in [2.45, 2.75) is 0 Å². The minimum absolute atomic E-state index is 0. The molecule has 0 aliphatic rings. The van der Waals surface area contributed by atoms with Crippen LogP contribution < -0.4 is 0 Å². The van der Waals surface area contributed by atoms with Gasteiger partial charge in [0.15, 0.2) is 0 Å². The third-order valence-corrected chi connectivity index (χ3v) is 0. The summed E-state index contributed by atoms with van der Waals surface area (Å²) in [6.45, 7) is 0. The molecule has 0 fully saturated rings. The standard InChI is InChI=1S/50Tb. The molecule has 0 aromatic carbocycles. The van der Waals surface area contributed by atoms with Gasteiger partial charge in [-0.2, -0.15) is 0 Å². The Kier molecular flexibility index (Phi) is 2450. The van der Waals surface area contributed by atoms with Crippen molar-refractivity contribution in [3.05, 3.63) is 0 Å². The molecule has 450 valence electrons. The second kappa shape index (κ2) is 346. The first-order chi connectivity index (χ1) is 0. The molecule has 0 rings (SSSR count). The van der Waals surface area contributed by atoms with Gasteiger partial charge in [0, 0.05) is 1930 Å². The fraction of sp³-hybridized carbons (Fsp3) is 0. The molecule has 0 spiro atoms. The Balaban J connectivity index is 0. The van der Waals surface area contributed by atoms with Gasteiger partial charge >= 0.3 is 0 Å². The van der Waals surface area contributed by atoms with Gasteiger partial charge in [-0.3, -0.25) is 0 Å². The average Bonchev–Trinajstić information content (AvgIpc) is 0. The van der Waals surface area contributed by atoms with Gasteiger partial charge < -0.3 is 0 Å². The monoisotopic (exact) mass is 7950 g/mol. The summed E-state index contributed by atoms with van der Waals surface area (Å²) in [6, 6.07) is 0. The molecule has 0 unspecified atom stereocenters. The molecule has 50 heteroatoms. The Morgan fingerprint density at radius 3 is 0.0200 bits per heavy atom. The molecule has 50 radical (unpaired) electrons. The number of hydrogen-bond donors (Lipinski definition) is 0. The van der Waals surface area contributed by atoms with Gasteiger partial charge in [0.1, 0.15) is 0 Å². The van der Waals surface area contributed by atoms with Crippen LogP contribution in [-0.4, -0.2) is 0 Å². The zero-order valence-electron chi connectivity index (χ0n) is 16.7. The summed E-state index contributed by atoms with van der Waals surface area (Å²) < 4.78 is 0. The van der Waals surface area contributed by atoms with E-state index < -0.39 is 0 Å². The molecule has 0 N–H and O–H groups in total. The maximum absolute atomic E-state index is 0. The topological polar surface area (TPSA) is 0 Å². The van der Waals surface area contributed by atoms with Crippen molar-refractivity contribution in [3.8, 4) is 0 Å². The van der Waals surface area contributed by atoms with E-state index >= 15 is 0 Å². The normalized spacial score (nSPS) is 0.